The van der Waals surface area contributed by atoms with Crippen LogP contribution in [0.25, 0.3) is 0 Å². The number of hydrogen-bond donors (Lipinski definition) is 1. The van der Waals surface area contributed by atoms with Gasteiger partial charge in [-0.2, -0.15) is 10.2 Å². The number of nitrogens with one attached hydrogen (secondary N) is 1. The van der Waals surface area contributed by atoms with Crippen LogP contribution in [0.5, 0.6) is 0 Å². The highest BCUT2D eigenvalue weighted by atomic mass is 35.5. The third kappa shape index (κ3) is 2.67. The summed E-state index contributed by atoms with van der Waals surface area (Å²) in [5.41, 5.74) is 1.91. The van der Waals surface area contributed by atoms with Crippen molar-refractivity contribution in [1.82, 2.24) is 15.5 Å². The lowest BCUT2D eigenvalue weighted by atomic mass is 10.2. The quantitative estimate of drug-likeness (QED) is 0.764. The number of carbonyl (C=O) groups excluding carboxylic acids is 1. The van der Waals surface area contributed by atoms with E-state index in [0.717, 1.165) is 5.69 Å². The van der Waals surface area contributed by atoms with Gasteiger partial charge < -0.3 is 5.32 Å². The lowest BCUT2D eigenvalue weighted by Gasteiger charge is -2.05. The second-order valence-corrected chi connectivity index (χ2v) is 3.31. The molecule has 0 saturated carbocycles. The highest BCUT2D eigenvalue weighted by Crippen LogP contribution is 2.04. The topological polar surface area (TPSA) is 54.9 Å². The molecular weight excluding hydrogens is 202 g/mol. The molecule has 0 aliphatic carbocycles. The van der Waals surface area contributed by atoms with Crippen LogP contribution < -0.4 is 5.32 Å². The number of carbonyl (C=O) groups is 1. The number of amides is 1. The standard InChI is InChI=1S/C9H12ClN3O/c1-6-5-8(7(2)13-12-6)9(14)11-4-3-10/h5H,3-4H2,1-2H3,(H,11,14). The Bertz CT molecular complexity index is 341. The molecule has 0 spiro atoms. The van der Waals surface area contributed by atoms with Crippen molar-refractivity contribution in [3.8, 4) is 0 Å². The van der Waals surface area contributed by atoms with Crippen molar-refractivity contribution in [2.75, 3.05) is 12.4 Å². The van der Waals surface area contributed by atoms with Crippen molar-refractivity contribution in [3.05, 3.63) is 23.0 Å². The van der Waals surface area contributed by atoms with E-state index in [2.05, 4.69) is 15.5 Å². The Balaban J connectivity index is 2.83. The Morgan fingerprint density at radius 1 is 1.50 bits per heavy atom. The van der Waals surface area contributed by atoms with Crippen LogP contribution in [0.3, 0.4) is 0 Å². The Labute approximate surface area is 87.7 Å². The molecule has 0 saturated heterocycles. The zero-order valence-electron chi connectivity index (χ0n) is 8.17. The van der Waals surface area contributed by atoms with Gasteiger partial charge in [-0.05, 0) is 19.9 Å². The maximum Gasteiger partial charge on any atom is 0.253 e. The van der Waals surface area contributed by atoms with Crippen LogP contribution in [0.4, 0.5) is 0 Å². The summed E-state index contributed by atoms with van der Waals surface area (Å²) in [5.74, 6) is 0.253. The van der Waals surface area contributed by atoms with Crippen LogP contribution in [-0.2, 0) is 0 Å². The SMILES string of the molecule is Cc1cc(C(=O)NCCCl)c(C)nn1. The van der Waals surface area contributed by atoms with Crippen LogP contribution in [0, 0.1) is 13.8 Å². The van der Waals surface area contributed by atoms with E-state index < -0.39 is 0 Å². The Morgan fingerprint density at radius 2 is 2.21 bits per heavy atom. The lowest BCUT2D eigenvalue weighted by Crippen LogP contribution is -2.26. The first-order valence-corrected chi connectivity index (χ1v) is 4.83. The molecule has 0 bridgehead atoms. The molecule has 0 aliphatic heterocycles. The minimum Gasteiger partial charge on any atom is -0.351 e. The predicted molar refractivity (Wildman–Crippen MR) is 54.6 cm³/mol. The monoisotopic (exact) mass is 213 g/mol. The number of halogens is 1. The summed E-state index contributed by atoms with van der Waals surface area (Å²) in [6, 6.07) is 1.71. The summed E-state index contributed by atoms with van der Waals surface area (Å²) in [6.45, 7) is 4.01. The third-order valence-corrected chi connectivity index (χ3v) is 1.91. The van der Waals surface area contributed by atoms with Crippen LogP contribution in [-0.4, -0.2) is 28.5 Å². The molecule has 4 nitrogen and oxygen atoms in total. The minimum atomic E-state index is -0.152. The molecule has 1 N–H and O–H groups in total. The Morgan fingerprint density at radius 3 is 2.86 bits per heavy atom. The van der Waals surface area contributed by atoms with E-state index in [1.165, 1.54) is 0 Å². The molecule has 1 amide bonds. The molecule has 0 radical (unpaired) electrons. The first-order chi connectivity index (χ1) is 6.65. The van der Waals surface area contributed by atoms with Gasteiger partial charge in [-0.25, -0.2) is 0 Å². The molecular formula is C9H12ClN3O. The summed E-state index contributed by atoms with van der Waals surface area (Å²) in [4.78, 5) is 11.5. The molecule has 1 aromatic heterocycles. The van der Waals surface area contributed by atoms with Crippen molar-refractivity contribution in [3.63, 3.8) is 0 Å². The van der Waals surface area contributed by atoms with E-state index in [1.54, 1.807) is 19.9 Å². The average molecular weight is 214 g/mol. The van der Waals surface area contributed by atoms with E-state index in [-0.39, 0.29) is 5.91 Å². The number of nitrogens with zero attached hydrogens (tertiary/aromatic N) is 2. The molecule has 0 fully saturated rings. The Kier molecular flexibility index (Phi) is 3.83. The van der Waals surface area contributed by atoms with E-state index in [0.29, 0.717) is 23.7 Å². The highest BCUT2D eigenvalue weighted by Gasteiger charge is 2.09. The summed E-state index contributed by atoms with van der Waals surface area (Å²) >= 11 is 5.46. The highest BCUT2D eigenvalue weighted by molar-refractivity contribution is 6.18. The summed E-state index contributed by atoms with van der Waals surface area (Å²) in [7, 11) is 0. The van der Waals surface area contributed by atoms with Crippen molar-refractivity contribution in [1.29, 1.82) is 0 Å². The van der Waals surface area contributed by atoms with Gasteiger partial charge in [-0.3, -0.25) is 4.79 Å². The maximum absolute atomic E-state index is 11.5. The molecule has 0 aromatic carbocycles. The predicted octanol–water partition coefficient (Wildman–Crippen LogP) is 1.06. The van der Waals surface area contributed by atoms with E-state index in [9.17, 15) is 4.79 Å². The molecule has 0 aliphatic rings. The number of rotatable bonds is 3. The number of aryl methyl sites for hydroxylation is 2. The first kappa shape index (κ1) is 10.9. The molecule has 14 heavy (non-hydrogen) atoms. The molecule has 1 rings (SSSR count). The van der Waals surface area contributed by atoms with Crippen LogP contribution in [0.15, 0.2) is 6.07 Å². The fourth-order valence-electron chi connectivity index (χ4n) is 1.04. The third-order valence-electron chi connectivity index (χ3n) is 1.73. The van der Waals surface area contributed by atoms with Gasteiger partial charge >= 0.3 is 0 Å². The largest absolute Gasteiger partial charge is 0.351 e. The average Bonchev–Trinajstić information content (AvgIpc) is 2.18. The van der Waals surface area contributed by atoms with Crippen molar-refractivity contribution < 1.29 is 4.79 Å². The Hall–Kier alpha value is -1.16. The van der Waals surface area contributed by atoms with Gasteiger partial charge in [0.2, 0.25) is 0 Å². The zero-order valence-corrected chi connectivity index (χ0v) is 8.93. The molecule has 76 valence electrons. The van der Waals surface area contributed by atoms with Gasteiger partial charge in [0.15, 0.2) is 0 Å². The van der Waals surface area contributed by atoms with Crippen LogP contribution in [0.1, 0.15) is 21.7 Å². The minimum absolute atomic E-state index is 0.152. The number of hydrogen-bond acceptors (Lipinski definition) is 3. The van der Waals surface area contributed by atoms with Gasteiger partial charge in [0.05, 0.1) is 17.0 Å². The van der Waals surface area contributed by atoms with Gasteiger partial charge in [0.25, 0.3) is 5.91 Å². The molecule has 1 heterocycles. The van der Waals surface area contributed by atoms with Crippen LogP contribution in [0.2, 0.25) is 0 Å². The molecule has 1 aromatic rings. The van der Waals surface area contributed by atoms with E-state index in [1.807, 2.05) is 0 Å². The van der Waals surface area contributed by atoms with Gasteiger partial charge in [-0.1, -0.05) is 0 Å². The summed E-state index contributed by atoms with van der Waals surface area (Å²) in [6.07, 6.45) is 0. The van der Waals surface area contributed by atoms with Gasteiger partial charge in [0, 0.05) is 12.4 Å². The van der Waals surface area contributed by atoms with Crippen molar-refractivity contribution >= 4 is 17.5 Å². The number of aromatic nitrogens is 2. The normalized spacial score (nSPS) is 9.93. The second kappa shape index (κ2) is 4.91. The molecule has 0 atom stereocenters. The van der Waals surface area contributed by atoms with E-state index >= 15 is 0 Å². The summed E-state index contributed by atoms with van der Waals surface area (Å²) < 4.78 is 0. The fourth-order valence-corrected chi connectivity index (χ4v) is 1.13. The molecule has 5 heteroatoms. The smallest absolute Gasteiger partial charge is 0.253 e. The second-order valence-electron chi connectivity index (χ2n) is 2.93. The van der Waals surface area contributed by atoms with Crippen molar-refractivity contribution in [2.24, 2.45) is 0 Å². The van der Waals surface area contributed by atoms with E-state index in [4.69, 9.17) is 11.6 Å². The first-order valence-electron chi connectivity index (χ1n) is 4.30. The fraction of sp³-hybridized carbons (Fsp3) is 0.444. The van der Waals surface area contributed by atoms with Gasteiger partial charge in [0.1, 0.15) is 0 Å². The molecule has 0 unspecified atom stereocenters. The maximum atomic E-state index is 11.5. The zero-order chi connectivity index (χ0) is 10.6. The van der Waals surface area contributed by atoms with Gasteiger partial charge in [-0.15, -0.1) is 11.6 Å². The number of alkyl halides is 1. The van der Waals surface area contributed by atoms with Crippen molar-refractivity contribution in [2.45, 2.75) is 13.8 Å². The lowest BCUT2D eigenvalue weighted by molar-refractivity contribution is 0.0954. The summed E-state index contributed by atoms with van der Waals surface area (Å²) in [5, 5.41) is 10.4. The van der Waals surface area contributed by atoms with Crippen LogP contribution >= 0.6 is 11.6 Å².